The molecular formula is C20H13ClN2O4. The molecule has 1 atom stereocenters. The van der Waals surface area contributed by atoms with Gasteiger partial charge in [0, 0.05) is 28.7 Å². The van der Waals surface area contributed by atoms with Crippen molar-refractivity contribution in [1.82, 2.24) is 4.98 Å². The van der Waals surface area contributed by atoms with Crippen molar-refractivity contribution in [2.45, 2.75) is 6.04 Å². The summed E-state index contributed by atoms with van der Waals surface area (Å²) in [5, 5.41) is 11.2. The van der Waals surface area contributed by atoms with Gasteiger partial charge in [-0.2, -0.15) is 0 Å². The van der Waals surface area contributed by atoms with Crippen LogP contribution in [0.5, 0.6) is 0 Å². The van der Waals surface area contributed by atoms with Crippen LogP contribution >= 0.6 is 11.6 Å². The molecule has 1 unspecified atom stereocenters. The normalized spacial score (nSPS) is 18.9. The number of benzene rings is 1. The molecule has 1 amide bonds. The van der Waals surface area contributed by atoms with Crippen molar-refractivity contribution in [3.8, 4) is 0 Å². The van der Waals surface area contributed by atoms with Gasteiger partial charge < -0.3 is 9.52 Å². The van der Waals surface area contributed by atoms with Gasteiger partial charge in [0.2, 0.25) is 0 Å². The van der Waals surface area contributed by atoms with Crippen molar-refractivity contribution >= 4 is 34.7 Å². The summed E-state index contributed by atoms with van der Waals surface area (Å²) in [6, 6.07) is 12.1. The van der Waals surface area contributed by atoms with E-state index in [1.54, 1.807) is 48.5 Å². The molecule has 0 radical (unpaired) electrons. The van der Waals surface area contributed by atoms with Crippen LogP contribution in [-0.4, -0.2) is 21.8 Å². The lowest BCUT2D eigenvalue weighted by molar-refractivity contribution is -0.132. The van der Waals surface area contributed by atoms with E-state index in [2.05, 4.69) is 4.98 Å². The van der Waals surface area contributed by atoms with Crippen molar-refractivity contribution in [1.29, 1.82) is 0 Å². The number of carbonyl (C=O) groups excluding carboxylic acids is 2. The average molecular weight is 381 g/mol. The van der Waals surface area contributed by atoms with Gasteiger partial charge in [-0.3, -0.25) is 19.5 Å². The van der Waals surface area contributed by atoms with E-state index >= 15 is 0 Å². The summed E-state index contributed by atoms with van der Waals surface area (Å²) in [4.78, 5) is 30.8. The summed E-state index contributed by atoms with van der Waals surface area (Å²) in [6.07, 6.45) is 4.42. The number of amides is 1. The fourth-order valence-electron chi connectivity index (χ4n) is 3.11. The van der Waals surface area contributed by atoms with Gasteiger partial charge in [0.1, 0.15) is 17.6 Å². The van der Waals surface area contributed by atoms with Crippen LogP contribution in [-0.2, 0) is 9.59 Å². The molecule has 27 heavy (non-hydrogen) atoms. The number of Topliss-reactive ketones (excluding diaryl/α,β-unsaturated/α-hetero) is 1. The molecule has 0 spiro atoms. The number of hydrogen-bond donors (Lipinski definition) is 1. The van der Waals surface area contributed by atoms with Crippen LogP contribution in [0.2, 0.25) is 5.02 Å². The van der Waals surface area contributed by atoms with Crippen LogP contribution in [0.15, 0.2) is 77.2 Å². The van der Waals surface area contributed by atoms with Crippen LogP contribution < -0.4 is 4.90 Å². The number of aliphatic hydroxyl groups is 1. The van der Waals surface area contributed by atoms with Crippen molar-refractivity contribution in [3.05, 3.63) is 89.1 Å². The van der Waals surface area contributed by atoms with Gasteiger partial charge in [-0.25, -0.2) is 0 Å². The number of ketones is 1. The van der Waals surface area contributed by atoms with E-state index in [1.165, 1.54) is 23.6 Å². The number of furan rings is 1. The summed E-state index contributed by atoms with van der Waals surface area (Å²) in [5.41, 5.74) is 0.756. The number of nitrogens with zero attached hydrogens (tertiary/aromatic N) is 2. The Morgan fingerprint density at radius 1 is 1.11 bits per heavy atom. The Morgan fingerprint density at radius 3 is 2.56 bits per heavy atom. The minimum atomic E-state index is -0.911. The maximum absolute atomic E-state index is 12.8. The first kappa shape index (κ1) is 17.1. The SMILES string of the molecule is O=C1C(=O)N(c2cccc(Cl)c2)C(c2ccco2)/C1=C(/O)c1ccncc1. The molecule has 0 bridgehead atoms. The predicted molar refractivity (Wildman–Crippen MR) is 99.2 cm³/mol. The minimum Gasteiger partial charge on any atom is -0.507 e. The average Bonchev–Trinajstić information content (AvgIpc) is 3.29. The predicted octanol–water partition coefficient (Wildman–Crippen LogP) is 3.95. The molecule has 6 nitrogen and oxygen atoms in total. The van der Waals surface area contributed by atoms with Crippen LogP contribution in [0.4, 0.5) is 5.69 Å². The second-order valence-electron chi connectivity index (χ2n) is 5.90. The smallest absolute Gasteiger partial charge is 0.300 e. The Morgan fingerprint density at radius 2 is 1.89 bits per heavy atom. The standard InChI is InChI=1S/C20H13ClN2O4/c21-13-3-1-4-14(11-13)23-17(15-5-2-10-27-15)16(19(25)20(23)26)18(24)12-6-8-22-9-7-12/h1-11,17,24H/b18-16-. The number of carbonyl (C=O) groups is 2. The molecule has 1 N–H and O–H groups in total. The monoisotopic (exact) mass is 380 g/mol. The van der Waals surface area contributed by atoms with Gasteiger partial charge in [-0.1, -0.05) is 17.7 Å². The van der Waals surface area contributed by atoms with E-state index in [1.807, 2.05) is 0 Å². The van der Waals surface area contributed by atoms with Crippen LogP contribution in [0.1, 0.15) is 17.4 Å². The number of halogens is 1. The number of hydrogen-bond acceptors (Lipinski definition) is 5. The molecule has 4 rings (SSSR count). The summed E-state index contributed by atoms with van der Waals surface area (Å²) < 4.78 is 5.48. The van der Waals surface area contributed by atoms with Crippen LogP contribution in [0, 0.1) is 0 Å². The van der Waals surface area contributed by atoms with Crippen molar-refractivity contribution in [2.24, 2.45) is 0 Å². The zero-order chi connectivity index (χ0) is 19.0. The molecule has 1 aromatic carbocycles. The first-order chi connectivity index (χ1) is 13.1. The molecule has 0 saturated carbocycles. The molecule has 3 heterocycles. The third-order valence-electron chi connectivity index (χ3n) is 4.30. The Kier molecular flexibility index (Phi) is 4.25. The van der Waals surface area contributed by atoms with Gasteiger partial charge in [-0.15, -0.1) is 0 Å². The maximum atomic E-state index is 12.8. The van der Waals surface area contributed by atoms with Gasteiger partial charge in [0.15, 0.2) is 0 Å². The second kappa shape index (κ2) is 6.74. The molecule has 7 heteroatoms. The van der Waals surface area contributed by atoms with Gasteiger partial charge in [0.25, 0.3) is 11.7 Å². The number of aromatic nitrogens is 1. The molecule has 2 aromatic heterocycles. The lowest BCUT2D eigenvalue weighted by Gasteiger charge is -2.23. The highest BCUT2D eigenvalue weighted by Crippen LogP contribution is 2.42. The third kappa shape index (κ3) is 2.90. The first-order valence-corrected chi connectivity index (χ1v) is 8.46. The zero-order valence-corrected chi connectivity index (χ0v) is 14.6. The minimum absolute atomic E-state index is 0.0545. The Bertz CT molecular complexity index is 1040. The molecule has 3 aromatic rings. The number of aliphatic hydroxyl groups excluding tert-OH is 1. The second-order valence-corrected chi connectivity index (χ2v) is 6.34. The van der Waals surface area contributed by atoms with E-state index in [-0.39, 0.29) is 11.3 Å². The zero-order valence-electron chi connectivity index (χ0n) is 13.9. The topological polar surface area (TPSA) is 83.6 Å². The quantitative estimate of drug-likeness (QED) is 0.422. The number of pyridine rings is 1. The summed E-state index contributed by atoms with van der Waals surface area (Å²) in [7, 11) is 0. The Hall–Kier alpha value is -3.38. The van der Waals surface area contributed by atoms with Crippen molar-refractivity contribution in [3.63, 3.8) is 0 Å². The van der Waals surface area contributed by atoms with E-state index in [9.17, 15) is 14.7 Å². The van der Waals surface area contributed by atoms with Crippen molar-refractivity contribution < 1.29 is 19.1 Å². The third-order valence-corrected chi connectivity index (χ3v) is 4.53. The highest BCUT2D eigenvalue weighted by molar-refractivity contribution is 6.51. The maximum Gasteiger partial charge on any atom is 0.300 e. The molecule has 1 aliphatic heterocycles. The molecular weight excluding hydrogens is 368 g/mol. The highest BCUT2D eigenvalue weighted by atomic mass is 35.5. The molecule has 1 aliphatic rings. The van der Waals surface area contributed by atoms with E-state index < -0.39 is 17.7 Å². The number of rotatable bonds is 3. The number of anilines is 1. The van der Waals surface area contributed by atoms with Crippen LogP contribution in [0.3, 0.4) is 0 Å². The van der Waals surface area contributed by atoms with Crippen molar-refractivity contribution in [2.75, 3.05) is 4.90 Å². The molecule has 0 aliphatic carbocycles. The summed E-state index contributed by atoms with van der Waals surface area (Å²) in [5.74, 6) is -1.51. The first-order valence-electron chi connectivity index (χ1n) is 8.08. The van der Waals surface area contributed by atoms with Gasteiger partial charge in [-0.05, 0) is 42.5 Å². The lowest BCUT2D eigenvalue weighted by atomic mass is 9.99. The van der Waals surface area contributed by atoms with Gasteiger partial charge in [0.05, 0.1) is 11.8 Å². The largest absolute Gasteiger partial charge is 0.507 e. The fraction of sp³-hybridized carbons (Fsp3) is 0.0500. The van der Waals surface area contributed by atoms with E-state index in [0.29, 0.717) is 22.0 Å². The lowest BCUT2D eigenvalue weighted by Crippen LogP contribution is -2.29. The Labute approximate surface area is 159 Å². The Balaban J connectivity index is 1.94. The molecule has 1 fully saturated rings. The van der Waals surface area contributed by atoms with Crippen LogP contribution in [0.25, 0.3) is 5.76 Å². The molecule has 134 valence electrons. The molecule has 1 saturated heterocycles. The highest BCUT2D eigenvalue weighted by Gasteiger charge is 2.48. The fourth-order valence-corrected chi connectivity index (χ4v) is 3.29. The summed E-state index contributed by atoms with van der Waals surface area (Å²) in [6.45, 7) is 0. The van der Waals surface area contributed by atoms with E-state index in [4.69, 9.17) is 16.0 Å². The summed E-state index contributed by atoms with van der Waals surface area (Å²) >= 11 is 6.06. The van der Waals surface area contributed by atoms with E-state index in [0.717, 1.165) is 0 Å². The van der Waals surface area contributed by atoms with Gasteiger partial charge >= 0.3 is 0 Å².